The summed E-state index contributed by atoms with van der Waals surface area (Å²) in [5.41, 5.74) is 0.0429. The van der Waals surface area contributed by atoms with Gasteiger partial charge in [0.2, 0.25) is 0 Å². The molecular weight excluding hydrogens is 259 g/mol. The third-order valence-corrected chi connectivity index (χ3v) is 2.73. The Hall–Kier alpha value is -1.56. The molecule has 0 amide bonds. The Morgan fingerprint density at radius 1 is 1.26 bits per heavy atom. The van der Waals surface area contributed by atoms with Crippen LogP contribution < -0.4 is 5.32 Å². The van der Waals surface area contributed by atoms with Crippen molar-refractivity contribution >= 4 is 5.97 Å². The lowest BCUT2D eigenvalue weighted by molar-refractivity contribution is -0.139. The second kappa shape index (κ2) is 6.06. The lowest BCUT2D eigenvalue weighted by Gasteiger charge is -2.17. The van der Waals surface area contributed by atoms with Crippen molar-refractivity contribution in [1.82, 2.24) is 5.32 Å². The first kappa shape index (κ1) is 15.5. The number of rotatable bonds is 5. The average Bonchev–Trinajstić information content (AvgIpc) is 2.28. The Labute approximate surface area is 109 Å². The van der Waals surface area contributed by atoms with E-state index in [1.807, 2.05) is 0 Å². The Balaban J connectivity index is 2.61. The fraction of sp³-hybridized carbons (Fsp3) is 0.462. The van der Waals surface area contributed by atoms with Crippen LogP contribution in [-0.4, -0.2) is 23.2 Å². The van der Waals surface area contributed by atoms with E-state index in [4.69, 9.17) is 5.11 Å². The maximum absolute atomic E-state index is 12.4. The van der Waals surface area contributed by atoms with E-state index in [0.717, 1.165) is 17.7 Å². The van der Waals surface area contributed by atoms with Crippen molar-refractivity contribution in [3.63, 3.8) is 0 Å². The second-order valence-electron chi connectivity index (χ2n) is 4.53. The Kier molecular flexibility index (Phi) is 4.94. The van der Waals surface area contributed by atoms with Gasteiger partial charge in [-0.2, -0.15) is 13.2 Å². The first-order valence-corrected chi connectivity index (χ1v) is 5.85. The van der Waals surface area contributed by atoms with Crippen LogP contribution in [-0.2, 0) is 17.4 Å². The van der Waals surface area contributed by atoms with Crippen molar-refractivity contribution in [2.45, 2.75) is 38.5 Å². The van der Waals surface area contributed by atoms with Crippen molar-refractivity contribution < 1.29 is 23.1 Å². The quantitative estimate of drug-likeness (QED) is 0.868. The highest BCUT2D eigenvalue weighted by molar-refractivity contribution is 5.72. The zero-order chi connectivity index (χ0) is 14.6. The summed E-state index contributed by atoms with van der Waals surface area (Å²) in [6.45, 7) is 3.31. The number of alkyl halides is 3. The van der Waals surface area contributed by atoms with E-state index < -0.39 is 23.8 Å². The molecule has 2 atom stereocenters. The summed E-state index contributed by atoms with van der Waals surface area (Å²) in [5.74, 6) is -0.959. The van der Waals surface area contributed by atoms with E-state index in [1.54, 1.807) is 6.92 Å². The third kappa shape index (κ3) is 4.90. The van der Waals surface area contributed by atoms with Crippen LogP contribution in [0.4, 0.5) is 13.2 Å². The third-order valence-electron chi connectivity index (χ3n) is 2.73. The number of hydrogen-bond acceptors (Lipinski definition) is 2. The van der Waals surface area contributed by atoms with Crippen LogP contribution in [0, 0.1) is 0 Å². The number of aliphatic carboxylic acids is 1. The van der Waals surface area contributed by atoms with Crippen LogP contribution in [0.25, 0.3) is 0 Å². The van der Waals surface area contributed by atoms with Gasteiger partial charge in [-0.05, 0) is 38.0 Å². The number of nitrogens with one attached hydrogen (secondary N) is 1. The smallest absolute Gasteiger partial charge is 0.416 e. The molecule has 0 aromatic heterocycles. The Morgan fingerprint density at radius 2 is 1.79 bits per heavy atom. The molecule has 0 saturated carbocycles. The van der Waals surface area contributed by atoms with Gasteiger partial charge in [0, 0.05) is 6.04 Å². The number of benzene rings is 1. The molecule has 0 radical (unpaired) electrons. The average molecular weight is 275 g/mol. The number of carboxylic acids is 1. The molecule has 1 aromatic carbocycles. The van der Waals surface area contributed by atoms with Crippen LogP contribution >= 0.6 is 0 Å². The van der Waals surface area contributed by atoms with Gasteiger partial charge in [0.25, 0.3) is 0 Å². The molecule has 0 heterocycles. The molecule has 0 aliphatic carbocycles. The minimum atomic E-state index is -4.33. The van der Waals surface area contributed by atoms with Crippen LogP contribution in [0.1, 0.15) is 25.0 Å². The van der Waals surface area contributed by atoms with Crippen LogP contribution in [0.15, 0.2) is 24.3 Å². The highest BCUT2D eigenvalue weighted by Gasteiger charge is 2.29. The topological polar surface area (TPSA) is 49.3 Å². The highest BCUT2D eigenvalue weighted by atomic mass is 19.4. The monoisotopic (exact) mass is 275 g/mol. The molecular formula is C13H16F3NO2. The standard InChI is InChI=1S/C13H16F3NO2/c1-8(17-9(2)12(18)19)7-10-3-5-11(6-4-10)13(14,15)16/h3-6,8-9,17H,7H2,1-2H3,(H,18,19)/t8?,9-/m0/s1. The highest BCUT2D eigenvalue weighted by Crippen LogP contribution is 2.29. The minimum Gasteiger partial charge on any atom is -0.480 e. The van der Waals surface area contributed by atoms with E-state index >= 15 is 0 Å². The minimum absolute atomic E-state index is 0.136. The second-order valence-corrected chi connectivity index (χ2v) is 4.53. The molecule has 0 spiro atoms. The molecule has 1 unspecified atom stereocenters. The lowest BCUT2D eigenvalue weighted by Crippen LogP contribution is -2.40. The van der Waals surface area contributed by atoms with Crippen molar-refractivity contribution in [1.29, 1.82) is 0 Å². The van der Waals surface area contributed by atoms with Crippen molar-refractivity contribution in [2.24, 2.45) is 0 Å². The van der Waals surface area contributed by atoms with Crippen LogP contribution in [0.3, 0.4) is 0 Å². The molecule has 1 aromatic rings. The van der Waals surface area contributed by atoms with Crippen molar-refractivity contribution in [3.8, 4) is 0 Å². The Morgan fingerprint density at radius 3 is 2.21 bits per heavy atom. The molecule has 0 aliphatic heterocycles. The summed E-state index contributed by atoms with van der Waals surface area (Å²) in [7, 11) is 0. The van der Waals surface area contributed by atoms with E-state index in [-0.39, 0.29) is 6.04 Å². The summed E-state index contributed by atoms with van der Waals surface area (Å²) in [6.07, 6.45) is -3.87. The molecule has 106 valence electrons. The Bertz CT molecular complexity index is 429. The normalized spacial score (nSPS) is 15.0. The van der Waals surface area contributed by atoms with Gasteiger partial charge in [-0.15, -0.1) is 0 Å². The predicted octanol–water partition coefficient (Wildman–Crippen LogP) is 2.70. The zero-order valence-electron chi connectivity index (χ0n) is 10.7. The van der Waals surface area contributed by atoms with E-state index in [9.17, 15) is 18.0 Å². The molecule has 3 nitrogen and oxygen atoms in total. The van der Waals surface area contributed by atoms with Gasteiger partial charge in [0.1, 0.15) is 6.04 Å². The summed E-state index contributed by atoms with van der Waals surface area (Å²) in [5, 5.41) is 11.6. The first-order valence-electron chi connectivity index (χ1n) is 5.85. The van der Waals surface area contributed by atoms with E-state index in [2.05, 4.69) is 5.32 Å². The fourth-order valence-corrected chi connectivity index (χ4v) is 1.74. The number of hydrogen-bond donors (Lipinski definition) is 2. The molecule has 2 N–H and O–H groups in total. The molecule has 0 saturated heterocycles. The largest absolute Gasteiger partial charge is 0.480 e. The van der Waals surface area contributed by atoms with Crippen LogP contribution in [0.5, 0.6) is 0 Å². The predicted molar refractivity (Wildman–Crippen MR) is 64.8 cm³/mol. The van der Waals surface area contributed by atoms with Gasteiger partial charge >= 0.3 is 12.1 Å². The molecule has 0 fully saturated rings. The van der Waals surface area contributed by atoms with Crippen molar-refractivity contribution in [3.05, 3.63) is 35.4 Å². The molecule has 1 rings (SSSR count). The summed E-state index contributed by atoms with van der Waals surface area (Å²) in [6, 6.07) is 4.05. The molecule has 6 heteroatoms. The van der Waals surface area contributed by atoms with Crippen LogP contribution in [0.2, 0.25) is 0 Å². The lowest BCUT2D eigenvalue weighted by atomic mass is 10.0. The molecule has 0 bridgehead atoms. The maximum Gasteiger partial charge on any atom is 0.416 e. The number of carbonyl (C=O) groups is 1. The van der Waals surface area contributed by atoms with Gasteiger partial charge in [-0.1, -0.05) is 12.1 Å². The zero-order valence-corrected chi connectivity index (χ0v) is 10.7. The first-order chi connectivity index (χ1) is 8.70. The summed E-state index contributed by atoms with van der Waals surface area (Å²) >= 11 is 0. The van der Waals surface area contributed by atoms with Gasteiger partial charge in [-0.3, -0.25) is 4.79 Å². The van der Waals surface area contributed by atoms with E-state index in [1.165, 1.54) is 19.1 Å². The number of carboxylic acid groups (broad SMARTS) is 1. The van der Waals surface area contributed by atoms with Gasteiger partial charge in [0.15, 0.2) is 0 Å². The fourth-order valence-electron chi connectivity index (χ4n) is 1.74. The molecule has 0 aliphatic rings. The van der Waals surface area contributed by atoms with Gasteiger partial charge in [-0.25, -0.2) is 0 Å². The van der Waals surface area contributed by atoms with Crippen molar-refractivity contribution in [2.75, 3.05) is 0 Å². The SMILES string of the molecule is CC(Cc1ccc(C(F)(F)F)cc1)N[C@@H](C)C(=O)O. The van der Waals surface area contributed by atoms with Gasteiger partial charge < -0.3 is 10.4 Å². The van der Waals surface area contributed by atoms with Gasteiger partial charge in [0.05, 0.1) is 5.56 Å². The number of halogens is 3. The maximum atomic E-state index is 12.4. The summed E-state index contributed by atoms with van der Waals surface area (Å²) < 4.78 is 37.1. The van der Waals surface area contributed by atoms with E-state index in [0.29, 0.717) is 6.42 Å². The molecule has 19 heavy (non-hydrogen) atoms. The summed E-state index contributed by atoms with van der Waals surface area (Å²) in [4.78, 5) is 10.7.